The molecule has 1 amide bonds. The Hall–Kier alpha value is -0.464. The molecule has 1 radical (unpaired) electrons. The van der Waals surface area contributed by atoms with E-state index in [2.05, 4.69) is 16.3 Å². The third-order valence-electron chi connectivity index (χ3n) is 0.542. The van der Waals surface area contributed by atoms with Crippen LogP contribution in [0.2, 0.25) is 11.0 Å². The summed E-state index contributed by atoms with van der Waals surface area (Å²) >= 11 is 0.312. The van der Waals surface area contributed by atoms with E-state index in [1.807, 2.05) is 0 Å². The van der Waals surface area contributed by atoms with Crippen molar-refractivity contribution in [3.63, 3.8) is 0 Å². The Morgan fingerprint density at radius 3 is 2.17 bits per heavy atom. The van der Waals surface area contributed by atoms with Gasteiger partial charge in [0.1, 0.15) is 0 Å². The van der Waals surface area contributed by atoms with E-state index in [1.165, 1.54) is 0 Å². The summed E-state index contributed by atoms with van der Waals surface area (Å²) in [6.45, 7) is -1.01. The fourth-order valence-corrected chi connectivity index (χ4v) is 0.212. The van der Waals surface area contributed by atoms with E-state index in [-0.39, 0.29) is 0 Å². The van der Waals surface area contributed by atoms with Crippen LogP contribution >= 0.6 is 0 Å². The van der Waals surface area contributed by atoms with Gasteiger partial charge in [-0.3, -0.25) is 4.79 Å². The summed E-state index contributed by atoms with van der Waals surface area (Å²) in [4.78, 5) is 19.8. The van der Waals surface area contributed by atoms with E-state index in [9.17, 15) is 9.59 Å². The molecule has 0 aromatic heterocycles. The topological polar surface area (TPSA) is 92.3 Å². The maximum atomic E-state index is 10.1. The molecular formula is C6H12GaN2O3-2. The van der Waals surface area contributed by atoms with Crippen molar-refractivity contribution < 1.29 is 14.7 Å². The van der Waals surface area contributed by atoms with Gasteiger partial charge in [0.05, 0.1) is 0 Å². The van der Waals surface area contributed by atoms with Crippen LogP contribution in [0.15, 0.2) is 0 Å². The first-order valence-electron chi connectivity index (χ1n) is 3.39. The molecule has 5 nitrogen and oxygen atoms in total. The second-order valence-electron chi connectivity index (χ2n) is 1.86. The second-order valence-corrected chi connectivity index (χ2v) is 4.28. The monoisotopic (exact) mass is 229 g/mol. The molecule has 69 valence electrons. The number of carboxylic acid groups (broad SMARTS) is 1. The smallest absolute Gasteiger partial charge is 0.285 e. The van der Waals surface area contributed by atoms with Gasteiger partial charge in [0.25, 0.3) is 5.97 Å². The Morgan fingerprint density at radius 2 is 1.92 bits per heavy atom. The molecule has 0 atom stereocenters. The predicted molar refractivity (Wildman–Crippen MR) is 47.5 cm³/mol. The minimum Gasteiger partial charge on any atom is -0.673 e. The molecule has 0 saturated heterocycles. The number of aliphatic carboxylic acids is 1. The van der Waals surface area contributed by atoms with Crippen LogP contribution in [0.1, 0.15) is 0 Å². The van der Waals surface area contributed by atoms with Gasteiger partial charge in [-0.1, -0.05) is 0 Å². The Bertz CT molecular complexity index is 141. The van der Waals surface area contributed by atoms with E-state index in [1.54, 1.807) is 0 Å². The summed E-state index contributed by atoms with van der Waals surface area (Å²) in [5, 5.41) is 11.0. The summed E-state index contributed by atoms with van der Waals surface area (Å²) in [6, 6.07) is 0. The van der Waals surface area contributed by atoms with Crippen molar-refractivity contribution >= 4 is 29.3 Å². The van der Waals surface area contributed by atoms with Crippen molar-refractivity contribution in [2.45, 2.75) is 11.0 Å². The summed E-state index contributed by atoms with van der Waals surface area (Å²) < 4.78 is 0. The molecular weight excluding hydrogens is 218 g/mol. The number of rotatable bonds is 3. The fraction of sp³-hybridized carbons (Fsp3) is 0.667. The normalized spacial score (nSPS) is 7.58. The van der Waals surface area contributed by atoms with Gasteiger partial charge in [0.2, 0.25) is 0 Å². The Labute approximate surface area is 79.5 Å². The van der Waals surface area contributed by atoms with Crippen molar-refractivity contribution in [2.75, 3.05) is 13.1 Å². The zero-order chi connectivity index (χ0) is 9.98. The molecule has 0 saturated carbocycles. The van der Waals surface area contributed by atoms with Crippen LogP contribution in [-0.2, 0) is 9.59 Å². The van der Waals surface area contributed by atoms with Crippen molar-refractivity contribution in [1.82, 2.24) is 0 Å². The Kier molecular flexibility index (Phi) is 12.4. The second kappa shape index (κ2) is 10.5. The molecule has 0 aromatic rings. The first-order valence-corrected chi connectivity index (χ1v) is 8.23. The maximum Gasteiger partial charge on any atom is 0.285 e. The number of carboxylic acids is 1. The minimum atomic E-state index is -1.16. The van der Waals surface area contributed by atoms with Gasteiger partial charge in [-0.05, 0) is 6.54 Å². The molecule has 0 spiro atoms. The molecule has 0 rings (SSSR count). The van der Waals surface area contributed by atoms with Gasteiger partial charge in [0.15, 0.2) is 0 Å². The first kappa shape index (κ1) is 14.1. The Balaban J connectivity index is 0. The summed E-state index contributed by atoms with van der Waals surface area (Å²) in [5.41, 5.74) is 11.0. The molecule has 0 bridgehead atoms. The number of amides is 1. The number of hydrogen-bond donors (Lipinski definition) is 1. The van der Waals surface area contributed by atoms with Crippen LogP contribution in [0.25, 0.3) is 11.1 Å². The van der Waals surface area contributed by atoms with Crippen molar-refractivity contribution in [2.24, 2.45) is 0 Å². The molecule has 0 fully saturated rings. The quantitative estimate of drug-likeness (QED) is 0.726. The molecule has 0 aliphatic carbocycles. The SMILES string of the molecule is [CH3][Ga][CH3].[NH-]CC(=O)[N-]CC(=O)O. The van der Waals surface area contributed by atoms with E-state index < -0.39 is 25.0 Å². The number of carbonyl (C=O) groups excluding carboxylic acids is 1. The summed E-state index contributed by atoms with van der Waals surface area (Å²) in [5.74, 6) is -1.85. The van der Waals surface area contributed by atoms with E-state index in [0.717, 1.165) is 0 Å². The van der Waals surface area contributed by atoms with E-state index in [4.69, 9.17) is 10.8 Å². The first-order chi connectivity index (χ1) is 5.58. The van der Waals surface area contributed by atoms with Crippen LogP contribution in [0.4, 0.5) is 0 Å². The number of carbonyl (C=O) groups is 2. The third kappa shape index (κ3) is 16.3. The fourth-order valence-electron chi connectivity index (χ4n) is 0.212. The van der Waals surface area contributed by atoms with Crippen LogP contribution in [0, 0.1) is 0 Å². The predicted octanol–water partition coefficient (Wildman–Crippen LogP) is 0.810. The van der Waals surface area contributed by atoms with E-state index >= 15 is 0 Å². The number of hydrogen-bond acceptors (Lipinski definition) is 2. The van der Waals surface area contributed by atoms with Gasteiger partial charge in [0, 0.05) is 5.91 Å². The third-order valence-corrected chi connectivity index (χ3v) is 0.542. The molecule has 12 heavy (non-hydrogen) atoms. The van der Waals surface area contributed by atoms with Crippen molar-refractivity contribution in [3.05, 3.63) is 11.1 Å². The van der Waals surface area contributed by atoms with Crippen LogP contribution in [0.3, 0.4) is 0 Å². The van der Waals surface area contributed by atoms with Gasteiger partial charge < -0.3 is 21.0 Å². The molecule has 6 heteroatoms. The summed E-state index contributed by atoms with van der Waals surface area (Å²) in [7, 11) is 0. The van der Waals surface area contributed by atoms with Crippen molar-refractivity contribution in [1.29, 1.82) is 0 Å². The molecule has 0 unspecified atom stereocenters. The van der Waals surface area contributed by atoms with Gasteiger partial charge >= 0.3 is 28.4 Å². The zero-order valence-corrected chi connectivity index (χ0v) is 9.63. The van der Waals surface area contributed by atoms with Gasteiger partial charge in [-0.25, -0.2) is 0 Å². The van der Waals surface area contributed by atoms with Gasteiger partial charge in [-0.2, -0.15) is 0 Å². The number of nitrogens with zero attached hydrogens (tertiary/aromatic N) is 1. The molecule has 0 heterocycles. The summed E-state index contributed by atoms with van der Waals surface area (Å²) in [6.07, 6.45) is 0. The standard InChI is InChI=1S/C4H7N2O3.2CH3.Ga/c5-1-3(7)6-2-4(8)9;;;/h5H,1-2H2,(H2,6,7,8,9);2*1H3;/q-1;;;/p-1. The molecule has 0 aliphatic heterocycles. The average Bonchev–Trinajstić information content (AvgIpc) is 2.01. The maximum absolute atomic E-state index is 10.1. The minimum absolute atomic E-state index is 0.312. The average molecular weight is 230 g/mol. The number of nitrogens with one attached hydrogen (secondary N) is 1. The van der Waals surface area contributed by atoms with Crippen LogP contribution in [-0.4, -0.2) is 47.5 Å². The van der Waals surface area contributed by atoms with Gasteiger partial charge in [-0.15, -0.1) is 6.54 Å². The largest absolute Gasteiger partial charge is 0.673 e. The zero-order valence-electron chi connectivity index (χ0n) is 7.20. The molecule has 0 aromatic carbocycles. The van der Waals surface area contributed by atoms with Crippen molar-refractivity contribution in [3.8, 4) is 0 Å². The molecule has 2 N–H and O–H groups in total. The van der Waals surface area contributed by atoms with Crippen LogP contribution < -0.4 is 0 Å². The van der Waals surface area contributed by atoms with E-state index in [0.29, 0.717) is 17.4 Å². The Morgan fingerprint density at radius 1 is 1.50 bits per heavy atom. The molecule has 0 aliphatic rings. The van der Waals surface area contributed by atoms with Crippen LogP contribution in [0.5, 0.6) is 0 Å².